The van der Waals surface area contributed by atoms with Crippen molar-refractivity contribution in [3.8, 4) is 11.4 Å². The molecule has 2 aromatic rings. The van der Waals surface area contributed by atoms with Gasteiger partial charge in [-0.15, -0.1) is 0 Å². The molecule has 1 aromatic carbocycles. The average Bonchev–Trinajstić information content (AvgIpc) is 2.40. The number of aromatic nitrogens is 2. The van der Waals surface area contributed by atoms with Gasteiger partial charge in [0.05, 0.1) is 10.0 Å². The van der Waals surface area contributed by atoms with Crippen molar-refractivity contribution in [2.24, 2.45) is 5.73 Å². The molecular formula is C15H17Cl2N3. The molecule has 2 rings (SSSR count). The standard InChI is InChI=1S/C15H17Cl2N3/c1-8(7-18)14-9(2)19-15(20-10(14)3)11-4-5-12(16)13(17)6-11/h4-6,8H,7,18H2,1-3H3. The highest BCUT2D eigenvalue weighted by Gasteiger charge is 2.15. The van der Waals surface area contributed by atoms with Crippen LogP contribution in [-0.4, -0.2) is 16.5 Å². The van der Waals surface area contributed by atoms with Crippen LogP contribution in [0.25, 0.3) is 11.4 Å². The van der Waals surface area contributed by atoms with E-state index >= 15 is 0 Å². The Bertz CT molecular complexity index is 618. The van der Waals surface area contributed by atoms with Crippen LogP contribution >= 0.6 is 23.2 Å². The highest BCUT2D eigenvalue weighted by molar-refractivity contribution is 6.42. The van der Waals surface area contributed by atoms with Crippen LogP contribution in [-0.2, 0) is 0 Å². The van der Waals surface area contributed by atoms with E-state index in [2.05, 4.69) is 16.9 Å². The number of hydrogen-bond donors (Lipinski definition) is 1. The summed E-state index contributed by atoms with van der Waals surface area (Å²) in [6, 6.07) is 5.41. The molecule has 0 radical (unpaired) electrons. The second-order valence-electron chi connectivity index (χ2n) is 4.90. The largest absolute Gasteiger partial charge is 0.330 e. The van der Waals surface area contributed by atoms with E-state index in [0.29, 0.717) is 22.4 Å². The average molecular weight is 310 g/mol. The summed E-state index contributed by atoms with van der Waals surface area (Å²) in [7, 11) is 0. The van der Waals surface area contributed by atoms with Crippen LogP contribution < -0.4 is 5.73 Å². The Morgan fingerprint density at radius 3 is 2.20 bits per heavy atom. The molecule has 0 amide bonds. The van der Waals surface area contributed by atoms with Gasteiger partial charge in [0.1, 0.15) is 0 Å². The number of nitrogens with zero attached hydrogens (tertiary/aromatic N) is 2. The first-order chi connectivity index (χ1) is 9.43. The fraction of sp³-hybridized carbons (Fsp3) is 0.333. The Morgan fingerprint density at radius 2 is 1.70 bits per heavy atom. The molecule has 0 spiro atoms. The van der Waals surface area contributed by atoms with Crippen molar-refractivity contribution < 1.29 is 0 Å². The normalized spacial score (nSPS) is 12.5. The maximum atomic E-state index is 6.04. The number of aryl methyl sites for hydroxylation is 2. The van der Waals surface area contributed by atoms with Gasteiger partial charge in [0.2, 0.25) is 0 Å². The topological polar surface area (TPSA) is 51.8 Å². The molecule has 0 aliphatic heterocycles. The lowest BCUT2D eigenvalue weighted by Gasteiger charge is -2.15. The van der Waals surface area contributed by atoms with Crippen molar-refractivity contribution in [3.05, 3.63) is 45.2 Å². The number of nitrogens with two attached hydrogens (primary N) is 1. The van der Waals surface area contributed by atoms with Crippen LogP contribution in [0.15, 0.2) is 18.2 Å². The Balaban J connectivity index is 2.51. The van der Waals surface area contributed by atoms with E-state index in [1.54, 1.807) is 12.1 Å². The van der Waals surface area contributed by atoms with Gasteiger partial charge in [0.25, 0.3) is 0 Å². The lowest BCUT2D eigenvalue weighted by molar-refractivity contribution is 0.744. The third-order valence-electron chi connectivity index (χ3n) is 3.35. The Labute approximate surface area is 129 Å². The molecule has 0 saturated carbocycles. The summed E-state index contributed by atoms with van der Waals surface area (Å²) >= 11 is 12.0. The van der Waals surface area contributed by atoms with E-state index in [1.807, 2.05) is 19.9 Å². The zero-order chi connectivity index (χ0) is 14.9. The van der Waals surface area contributed by atoms with Gasteiger partial charge in [-0.1, -0.05) is 30.1 Å². The SMILES string of the molecule is Cc1nc(-c2ccc(Cl)c(Cl)c2)nc(C)c1C(C)CN. The highest BCUT2D eigenvalue weighted by atomic mass is 35.5. The molecule has 0 aliphatic rings. The first-order valence-electron chi connectivity index (χ1n) is 6.44. The molecule has 106 valence electrons. The van der Waals surface area contributed by atoms with Gasteiger partial charge in [0, 0.05) is 17.0 Å². The van der Waals surface area contributed by atoms with Gasteiger partial charge < -0.3 is 5.73 Å². The quantitative estimate of drug-likeness (QED) is 0.927. The minimum absolute atomic E-state index is 0.248. The lowest BCUT2D eigenvalue weighted by Crippen LogP contribution is -2.14. The van der Waals surface area contributed by atoms with Gasteiger partial charge in [-0.25, -0.2) is 9.97 Å². The van der Waals surface area contributed by atoms with Crippen LogP contribution in [0.3, 0.4) is 0 Å². The van der Waals surface area contributed by atoms with Crippen molar-refractivity contribution >= 4 is 23.2 Å². The van der Waals surface area contributed by atoms with Crippen molar-refractivity contribution in [1.82, 2.24) is 9.97 Å². The molecule has 1 unspecified atom stereocenters. The van der Waals surface area contributed by atoms with E-state index in [4.69, 9.17) is 28.9 Å². The molecule has 1 atom stereocenters. The van der Waals surface area contributed by atoms with E-state index < -0.39 is 0 Å². The van der Waals surface area contributed by atoms with E-state index in [1.165, 1.54) is 0 Å². The van der Waals surface area contributed by atoms with Crippen molar-refractivity contribution in [2.75, 3.05) is 6.54 Å². The van der Waals surface area contributed by atoms with Gasteiger partial charge >= 0.3 is 0 Å². The second-order valence-corrected chi connectivity index (χ2v) is 5.71. The van der Waals surface area contributed by atoms with Crippen molar-refractivity contribution in [2.45, 2.75) is 26.7 Å². The third-order valence-corrected chi connectivity index (χ3v) is 4.09. The molecule has 1 heterocycles. The van der Waals surface area contributed by atoms with Crippen LogP contribution in [0.2, 0.25) is 10.0 Å². The Morgan fingerprint density at radius 1 is 1.10 bits per heavy atom. The fourth-order valence-corrected chi connectivity index (χ4v) is 2.62. The summed E-state index contributed by atoms with van der Waals surface area (Å²) in [6.07, 6.45) is 0. The predicted molar refractivity (Wildman–Crippen MR) is 84.4 cm³/mol. The van der Waals surface area contributed by atoms with E-state index in [9.17, 15) is 0 Å². The van der Waals surface area contributed by atoms with Gasteiger partial charge in [0.15, 0.2) is 5.82 Å². The molecule has 2 N–H and O–H groups in total. The lowest BCUT2D eigenvalue weighted by atomic mass is 9.98. The number of benzene rings is 1. The number of halogens is 2. The Kier molecular flexibility index (Phi) is 4.63. The van der Waals surface area contributed by atoms with Crippen LogP contribution in [0.4, 0.5) is 0 Å². The second kappa shape index (κ2) is 6.08. The minimum Gasteiger partial charge on any atom is -0.330 e. The minimum atomic E-state index is 0.248. The van der Waals surface area contributed by atoms with Crippen LogP contribution in [0.1, 0.15) is 29.8 Å². The van der Waals surface area contributed by atoms with Gasteiger partial charge in [-0.3, -0.25) is 0 Å². The summed E-state index contributed by atoms with van der Waals surface area (Å²) in [4.78, 5) is 9.15. The molecule has 1 aromatic heterocycles. The molecule has 0 aliphatic carbocycles. The summed E-state index contributed by atoms with van der Waals surface area (Å²) in [6.45, 7) is 6.63. The monoisotopic (exact) mass is 309 g/mol. The summed E-state index contributed by atoms with van der Waals surface area (Å²) < 4.78 is 0. The first-order valence-corrected chi connectivity index (χ1v) is 7.20. The summed E-state index contributed by atoms with van der Waals surface area (Å²) in [5.74, 6) is 0.907. The molecule has 0 saturated heterocycles. The van der Waals surface area contributed by atoms with E-state index in [-0.39, 0.29) is 5.92 Å². The zero-order valence-electron chi connectivity index (χ0n) is 11.7. The third kappa shape index (κ3) is 2.95. The summed E-state index contributed by atoms with van der Waals surface area (Å²) in [5, 5.41) is 1.03. The molecular weight excluding hydrogens is 293 g/mol. The zero-order valence-corrected chi connectivity index (χ0v) is 13.3. The molecule has 0 fully saturated rings. The molecule has 3 nitrogen and oxygen atoms in total. The van der Waals surface area contributed by atoms with E-state index in [0.717, 1.165) is 22.5 Å². The summed E-state index contributed by atoms with van der Waals surface area (Å²) in [5.41, 5.74) is 9.63. The van der Waals surface area contributed by atoms with Crippen LogP contribution in [0.5, 0.6) is 0 Å². The van der Waals surface area contributed by atoms with Gasteiger partial charge in [-0.2, -0.15) is 0 Å². The van der Waals surface area contributed by atoms with Gasteiger partial charge in [-0.05, 0) is 50.1 Å². The smallest absolute Gasteiger partial charge is 0.159 e. The number of hydrogen-bond acceptors (Lipinski definition) is 3. The first kappa shape index (κ1) is 15.2. The predicted octanol–water partition coefficient (Wildman–Crippen LogP) is 4.13. The fourth-order valence-electron chi connectivity index (χ4n) is 2.32. The van der Waals surface area contributed by atoms with Crippen molar-refractivity contribution in [1.29, 1.82) is 0 Å². The molecule has 20 heavy (non-hydrogen) atoms. The number of rotatable bonds is 3. The molecule has 0 bridgehead atoms. The maximum absolute atomic E-state index is 6.04. The highest BCUT2D eigenvalue weighted by Crippen LogP contribution is 2.28. The van der Waals surface area contributed by atoms with Crippen molar-refractivity contribution in [3.63, 3.8) is 0 Å². The van der Waals surface area contributed by atoms with Crippen LogP contribution in [0, 0.1) is 13.8 Å². The Hall–Kier alpha value is -1.16. The maximum Gasteiger partial charge on any atom is 0.159 e. The molecule has 5 heteroatoms.